The van der Waals surface area contributed by atoms with Crippen LogP contribution >= 0.6 is 19.2 Å². The van der Waals surface area contributed by atoms with E-state index in [1.54, 1.807) is 0 Å². The second kappa shape index (κ2) is 5.87. The smallest absolute Gasteiger partial charge is 0.349 e. The average Bonchev–Trinajstić information content (AvgIpc) is 2.38. The molecule has 0 aromatic heterocycles. The summed E-state index contributed by atoms with van der Waals surface area (Å²) >= 11 is 5.52. The summed E-state index contributed by atoms with van der Waals surface area (Å²) in [7, 11) is -3.01. The van der Waals surface area contributed by atoms with Crippen molar-refractivity contribution in [3.05, 3.63) is 30.3 Å². The second-order valence-corrected chi connectivity index (χ2v) is 6.11. The highest BCUT2D eigenvalue weighted by Crippen LogP contribution is 2.51. The van der Waals surface area contributed by atoms with Crippen LogP contribution in [0.25, 0.3) is 0 Å². The molecule has 1 atom stereocenters. The monoisotopic (exact) mass is 275 g/mol. The normalized spacial score (nSPS) is 24.9. The Hall–Kier alpha value is -0.540. The van der Waals surface area contributed by atoms with Crippen LogP contribution in [-0.4, -0.2) is 31.9 Å². The number of hydrogen-bond acceptors (Lipinski definition) is 4. The number of alkyl halides is 1. The summed E-state index contributed by atoms with van der Waals surface area (Å²) in [6.07, 6.45) is 0.286. The molecule has 1 fully saturated rings. The second-order valence-electron chi connectivity index (χ2n) is 3.71. The molecule has 94 valence electrons. The van der Waals surface area contributed by atoms with Crippen molar-refractivity contribution < 1.29 is 13.6 Å². The first kappa shape index (κ1) is 12.9. The van der Waals surface area contributed by atoms with Crippen molar-refractivity contribution in [2.75, 3.05) is 36.8 Å². The van der Waals surface area contributed by atoms with Gasteiger partial charge in [-0.25, -0.2) is 0 Å². The number of nitrogens with zero attached hydrogens (tertiary/aromatic N) is 1. The van der Waals surface area contributed by atoms with Crippen LogP contribution in [0.5, 0.6) is 0 Å². The number of para-hydroxylation sites is 1. The molecule has 2 rings (SSSR count). The summed E-state index contributed by atoms with van der Waals surface area (Å²) in [6.45, 7) is 1.38. The van der Waals surface area contributed by atoms with Crippen molar-refractivity contribution >= 4 is 24.9 Å². The first-order chi connectivity index (χ1) is 8.23. The van der Waals surface area contributed by atoms with E-state index in [9.17, 15) is 4.57 Å². The minimum absolute atomic E-state index is 0.251. The number of halogens is 1. The maximum Gasteiger partial charge on any atom is 0.349 e. The summed E-state index contributed by atoms with van der Waals surface area (Å²) in [4.78, 5) is 2.01. The van der Waals surface area contributed by atoms with Gasteiger partial charge in [-0.2, -0.15) is 0 Å². The SMILES string of the molecule is O=P1(OCCCl)CN(c2ccccc2)CCO1. The third-order valence-electron chi connectivity index (χ3n) is 2.48. The third kappa shape index (κ3) is 3.46. The molecule has 1 aliphatic heterocycles. The topological polar surface area (TPSA) is 38.8 Å². The zero-order valence-corrected chi connectivity index (χ0v) is 11.1. The lowest BCUT2D eigenvalue weighted by atomic mass is 10.3. The van der Waals surface area contributed by atoms with Gasteiger partial charge in [-0.05, 0) is 12.1 Å². The van der Waals surface area contributed by atoms with Gasteiger partial charge in [0.25, 0.3) is 0 Å². The molecule has 1 aliphatic rings. The molecule has 17 heavy (non-hydrogen) atoms. The summed E-state index contributed by atoms with van der Waals surface area (Å²) in [6, 6.07) is 9.83. The fourth-order valence-corrected chi connectivity index (χ4v) is 3.59. The van der Waals surface area contributed by atoms with Crippen molar-refractivity contribution in [3.63, 3.8) is 0 Å². The lowest BCUT2D eigenvalue weighted by Gasteiger charge is -2.33. The fraction of sp³-hybridized carbons (Fsp3) is 0.455. The molecule has 0 aliphatic carbocycles. The van der Waals surface area contributed by atoms with E-state index in [0.717, 1.165) is 12.2 Å². The van der Waals surface area contributed by atoms with Crippen LogP contribution < -0.4 is 4.90 Å². The molecule has 0 bridgehead atoms. The van der Waals surface area contributed by atoms with Gasteiger partial charge in [0.05, 0.1) is 13.2 Å². The average molecular weight is 276 g/mol. The van der Waals surface area contributed by atoms with E-state index < -0.39 is 7.60 Å². The lowest BCUT2D eigenvalue weighted by molar-refractivity contribution is 0.204. The number of benzene rings is 1. The van der Waals surface area contributed by atoms with Crippen LogP contribution in [-0.2, 0) is 13.6 Å². The highest BCUT2D eigenvalue weighted by Gasteiger charge is 2.32. The molecule has 0 spiro atoms. The summed E-state index contributed by atoms with van der Waals surface area (Å²) in [5.41, 5.74) is 1.03. The zero-order valence-electron chi connectivity index (χ0n) is 9.42. The van der Waals surface area contributed by atoms with Crippen molar-refractivity contribution in [1.29, 1.82) is 0 Å². The van der Waals surface area contributed by atoms with Gasteiger partial charge in [0.1, 0.15) is 6.29 Å². The van der Waals surface area contributed by atoms with Crippen LogP contribution in [0.4, 0.5) is 5.69 Å². The van der Waals surface area contributed by atoms with Crippen molar-refractivity contribution in [2.45, 2.75) is 0 Å². The van der Waals surface area contributed by atoms with Crippen LogP contribution in [0, 0.1) is 0 Å². The van der Waals surface area contributed by atoms with Crippen LogP contribution in [0.1, 0.15) is 0 Å². The maximum atomic E-state index is 12.2. The summed E-state index contributed by atoms with van der Waals surface area (Å²) < 4.78 is 22.7. The lowest BCUT2D eigenvalue weighted by Crippen LogP contribution is -2.34. The minimum atomic E-state index is -3.01. The van der Waals surface area contributed by atoms with Gasteiger partial charge < -0.3 is 13.9 Å². The molecule has 0 radical (unpaired) electrons. The van der Waals surface area contributed by atoms with Gasteiger partial charge in [0, 0.05) is 18.1 Å². The van der Waals surface area contributed by atoms with E-state index in [2.05, 4.69) is 0 Å². The first-order valence-corrected chi connectivity index (χ1v) is 7.74. The maximum absolute atomic E-state index is 12.2. The summed E-state index contributed by atoms with van der Waals surface area (Å²) in [5, 5.41) is 0. The molecule has 1 heterocycles. The summed E-state index contributed by atoms with van der Waals surface area (Å²) in [5.74, 6) is 0.318. The Labute approximate surface area is 106 Å². The number of anilines is 1. The molecule has 1 aromatic carbocycles. The van der Waals surface area contributed by atoms with Crippen LogP contribution in [0.2, 0.25) is 0 Å². The van der Waals surface area contributed by atoms with E-state index in [1.807, 2.05) is 35.2 Å². The molecule has 1 aromatic rings. The molecular weight excluding hydrogens is 261 g/mol. The van der Waals surface area contributed by atoms with Crippen molar-refractivity contribution in [3.8, 4) is 0 Å². The molecule has 4 nitrogen and oxygen atoms in total. The molecule has 0 saturated carbocycles. The molecule has 0 N–H and O–H groups in total. The van der Waals surface area contributed by atoms with Crippen molar-refractivity contribution in [1.82, 2.24) is 0 Å². The van der Waals surface area contributed by atoms with Crippen LogP contribution in [0.3, 0.4) is 0 Å². The molecule has 6 heteroatoms. The number of hydrogen-bond donors (Lipinski definition) is 0. The van der Waals surface area contributed by atoms with Gasteiger partial charge in [0.2, 0.25) is 0 Å². The highest BCUT2D eigenvalue weighted by atomic mass is 35.5. The van der Waals surface area contributed by atoms with Gasteiger partial charge in [-0.3, -0.25) is 4.57 Å². The van der Waals surface area contributed by atoms with E-state index in [-0.39, 0.29) is 12.9 Å². The Morgan fingerprint density at radius 1 is 1.41 bits per heavy atom. The fourth-order valence-electron chi connectivity index (χ4n) is 1.71. The van der Waals surface area contributed by atoms with Gasteiger partial charge in [0.15, 0.2) is 0 Å². The van der Waals surface area contributed by atoms with Gasteiger partial charge in [-0.1, -0.05) is 18.2 Å². The van der Waals surface area contributed by atoms with E-state index in [4.69, 9.17) is 20.6 Å². The minimum Gasteiger partial charge on any atom is -0.357 e. The van der Waals surface area contributed by atoms with Gasteiger partial charge >= 0.3 is 7.60 Å². The first-order valence-electron chi connectivity index (χ1n) is 5.48. The standard InChI is InChI=1S/C11H15ClNO3P/c12-6-8-15-17(14)10-13(7-9-16-17)11-4-2-1-3-5-11/h1-5H,6-10H2. The Kier molecular flexibility index (Phi) is 4.46. The third-order valence-corrected chi connectivity index (χ3v) is 4.47. The Bertz CT molecular complexity index is 401. The Morgan fingerprint density at radius 3 is 2.88 bits per heavy atom. The Balaban J connectivity index is 2.04. The van der Waals surface area contributed by atoms with Gasteiger partial charge in [-0.15, -0.1) is 11.6 Å². The van der Waals surface area contributed by atoms with E-state index >= 15 is 0 Å². The van der Waals surface area contributed by atoms with E-state index in [0.29, 0.717) is 12.5 Å². The molecular formula is C11H15ClNO3P. The predicted molar refractivity (Wildman–Crippen MR) is 68.9 cm³/mol. The molecule has 1 saturated heterocycles. The van der Waals surface area contributed by atoms with E-state index in [1.165, 1.54) is 0 Å². The highest BCUT2D eigenvalue weighted by molar-refractivity contribution is 7.54. The predicted octanol–water partition coefficient (Wildman–Crippen LogP) is 2.93. The largest absolute Gasteiger partial charge is 0.357 e. The Morgan fingerprint density at radius 2 is 2.18 bits per heavy atom. The number of rotatable bonds is 4. The zero-order chi connectivity index (χ0) is 12.1. The quantitative estimate of drug-likeness (QED) is 0.626. The molecule has 1 unspecified atom stereocenters. The van der Waals surface area contributed by atoms with Crippen molar-refractivity contribution in [2.24, 2.45) is 0 Å². The molecule has 0 amide bonds. The van der Waals surface area contributed by atoms with Crippen LogP contribution in [0.15, 0.2) is 30.3 Å².